The average Bonchev–Trinajstić information content (AvgIpc) is 2.70. The molecule has 1 fully saturated rings. The summed E-state index contributed by atoms with van der Waals surface area (Å²) >= 11 is 5.52. The van der Waals surface area contributed by atoms with Gasteiger partial charge in [0.15, 0.2) is 5.11 Å². The van der Waals surface area contributed by atoms with Gasteiger partial charge in [-0.05, 0) is 73.4 Å². The summed E-state index contributed by atoms with van der Waals surface area (Å²) in [5, 5.41) is 3.97. The molecule has 26 heavy (non-hydrogen) atoms. The Morgan fingerprint density at radius 1 is 1.04 bits per heavy atom. The number of nitrogens with one attached hydrogen (secondary N) is 1. The number of piperidine rings is 1. The number of rotatable bonds is 5. The number of nitrogens with zero attached hydrogens (tertiary/aromatic N) is 2. The van der Waals surface area contributed by atoms with E-state index in [0.29, 0.717) is 5.11 Å². The van der Waals surface area contributed by atoms with Crippen molar-refractivity contribution in [1.82, 2.24) is 4.90 Å². The van der Waals surface area contributed by atoms with Crippen LogP contribution in [0, 0.1) is 0 Å². The summed E-state index contributed by atoms with van der Waals surface area (Å²) in [7, 11) is 3.68. The summed E-state index contributed by atoms with van der Waals surface area (Å²) in [5.74, 6) is 0.837. The topological polar surface area (TPSA) is 27.7 Å². The highest BCUT2D eigenvalue weighted by atomic mass is 32.1. The highest BCUT2D eigenvalue weighted by Crippen LogP contribution is 2.21. The van der Waals surface area contributed by atoms with E-state index < -0.39 is 0 Å². The minimum absolute atomic E-state index is 0.704. The van der Waals surface area contributed by atoms with E-state index in [-0.39, 0.29) is 0 Å². The minimum atomic E-state index is 0.704. The maximum Gasteiger partial charge on any atom is 0.173 e. The molecule has 4 nitrogen and oxygen atoms in total. The molecule has 0 aliphatic carbocycles. The SMILES string of the molecule is COc1ccc(NC(=S)N(C)Cc2ccc(N3CCCCC3)cc2)cc1. The Balaban J connectivity index is 1.54. The van der Waals surface area contributed by atoms with Crippen molar-refractivity contribution in [3.8, 4) is 5.75 Å². The molecule has 1 N–H and O–H groups in total. The van der Waals surface area contributed by atoms with Gasteiger partial charge in [-0.2, -0.15) is 0 Å². The highest BCUT2D eigenvalue weighted by molar-refractivity contribution is 7.80. The van der Waals surface area contributed by atoms with Crippen LogP contribution in [-0.2, 0) is 6.54 Å². The molecule has 0 aromatic heterocycles. The average molecular weight is 370 g/mol. The lowest BCUT2D eigenvalue weighted by Crippen LogP contribution is -2.31. The van der Waals surface area contributed by atoms with Crippen molar-refractivity contribution in [2.24, 2.45) is 0 Å². The molecular weight excluding hydrogens is 342 g/mol. The maximum absolute atomic E-state index is 5.52. The second-order valence-corrected chi connectivity index (χ2v) is 7.12. The van der Waals surface area contributed by atoms with Crippen LogP contribution in [0.1, 0.15) is 24.8 Å². The highest BCUT2D eigenvalue weighted by Gasteiger charge is 2.11. The number of benzene rings is 2. The standard InChI is InChI=1S/C21H27N3OS/c1-23(21(26)22-18-8-12-20(25-2)13-9-18)16-17-6-10-19(11-7-17)24-14-4-3-5-15-24/h6-13H,3-5,14-16H2,1-2H3,(H,22,26). The van der Waals surface area contributed by atoms with Crippen molar-refractivity contribution in [3.05, 3.63) is 54.1 Å². The Labute approximate surface area is 161 Å². The maximum atomic E-state index is 5.52. The molecule has 1 heterocycles. The fraction of sp³-hybridized carbons (Fsp3) is 0.381. The van der Waals surface area contributed by atoms with Gasteiger partial charge in [0.1, 0.15) is 5.75 Å². The van der Waals surface area contributed by atoms with Gasteiger partial charge in [-0.3, -0.25) is 0 Å². The zero-order chi connectivity index (χ0) is 18.4. The van der Waals surface area contributed by atoms with Crippen molar-refractivity contribution < 1.29 is 4.74 Å². The number of ether oxygens (including phenoxy) is 1. The van der Waals surface area contributed by atoms with Crippen molar-refractivity contribution >= 4 is 28.7 Å². The van der Waals surface area contributed by atoms with Gasteiger partial charge in [0.25, 0.3) is 0 Å². The van der Waals surface area contributed by atoms with Crippen LogP contribution in [0.2, 0.25) is 0 Å². The molecule has 0 radical (unpaired) electrons. The third kappa shape index (κ3) is 4.88. The molecule has 0 atom stereocenters. The third-order valence-electron chi connectivity index (χ3n) is 4.77. The van der Waals surface area contributed by atoms with Crippen molar-refractivity contribution in [3.63, 3.8) is 0 Å². The van der Waals surface area contributed by atoms with Gasteiger partial charge in [0.05, 0.1) is 7.11 Å². The van der Waals surface area contributed by atoms with Gasteiger partial charge < -0.3 is 19.9 Å². The van der Waals surface area contributed by atoms with Gasteiger partial charge in [-0.15, -0.1) is 0 Å². The summed E-state index contributed by atoms with van der Waals surface area (Å²) in [6, 6.07) is 16.6. The number of hydrogen-bond acceptors (Lipinski definition) is 3. The van der Waals surface area contributed by atoms with E-state index in [1.807, 2.05) is 31.3 Å². The molecule has 0 bridgehead atoms. The Morgan fingerprint density at radius 3 is 2.31 bits per heavy atom. The van der Waals surface area contributed by atoms with Crippen LogP contribution in [0.25, 0.3) is 0 Å². The number of thiocarbonyl (C=S) groups is 1. The number of methoxy groups -OCH3 is 1. The zero-order valence-electron chi connectivity index (χ0n) is 15.6. The number of hydrogen-bond donors (Lipinski definition) is 1. The van der Waals surface area contributed by atoms with E-state index in [0.717, 1.165) is 18.0 Å². The molecule has 0 saturated carbocycles. The molecule has 5 heteroatoms. The van der Waals surface area contributed by atoms with Crippen molar-refractivity contribution in [2.75, 3.05) is 37.5 Å². The van der Waals surface area contributed by atoms with Gasteiger partial charge in [-0.1, -0.05) is 12.1 Å². The molecule has 1 aliphatic rings. The first-order chi connectivity index (χ1) is 12.7. The largest absolute Gasteiger partial charge is 0.497 e. The third-order valence-corrected chi connectivity index (χ3v) is 5.18. The fourth-order valence-electron chi connectivity index (χ4n) is 3.20. The Bertz CT molecular complexity index is 709. The van der Waals surface area contributed by atoms with E-state index in [1.54, 1.807) is 7.11 Å². The predicted octanol–water partition coefficient (Wildman–Crippen LogP) is 4.51. The fourth-order valence-corrected chi connectivity index (χ4v) is 3.39. The summed E-state index contributed by atoms with van der Waals surface area (Å²) in [6.45, 7) is 3.13. The Kier molecular flexibility index (Phi) is 6.34. The van der Waals surface area contributed by atoms with E-state index in [1.165, 1.54) is 43.6 Å². The van der Waals surface area contributed by atoms with Crippen molar-refractivity contribution in [2.45, 2.75) is 25.8 Å². The lowest BCUT2D eigenvalue weighted by atomic mass is 10.1. The monoisotopic (exact) mass is 369 g/mol. The zero-order valence-corrected chi connectivity index (χ0v) is 16.4. The lowest BCUT2D eigenvalue weighted by Gasteiger charge is -2.29. The smallest absolute Gasteiger partial charge is 0.173 e. The molecular formula is C21H27N3OS. The molecule has 0 spiro atoms. The normalized spacial score (nSPS) is 14.0. The lowest BCUT2D eigenvalue weighted by molar-refractivity contribution is 0.415. The summed E-state index contributed by atoms with van der Waals surface area (Å²) in [5.41, 5.74) is 3.55. The van der Waals surface area contributed by atoms with Crippen molar-refractivity contribution in [1.29, 1.82) is 0 Å². The molecule has 2 aromatic carbocycles. The molecule has 0 unspecified atom stereocenters. The quantitative estimate of drug-likeness (QED) is 0.783. The Hall–Kier alpha value is -2.27. The van der Waals surface area contributed by atoms with E-state index in [2.05, 4.69) is 39.4 Å². The second kappa shape index (κ2) is 8.90. The van der Waals surface area contributed by atoms with Crippen LogP contribution in [0.4, 0.5) is 11.4 Å². The molecule has 1 aliphatic heterocycles. The first-order valence-electron chi connectivity index (χ1n) is 9.16. The molecule has 3 rings (SSSR count). The summed E-state index contributed by atoms with van der Waals surface area (Å²) in [4.78, 5) is 4.53. The van der Waals surface area contributed by atoms with Crippen LogP contribution in [-0.4, -0.2) is 37.3 Å². The first-order valence-corrected chi connectivity index (χ1v) is 9.56. The molecule has 0 amide bonds. The van der Waals surface area contributed by atoms with E-state index in [4.69, 9.17) is 17.0 Å². The summed E-state index contributed by atoms with van der Waals surface area (Å²) < 4.78 is 5.18. The van der Waals surface area contributed by atoms with Crippen LogP contribution < -0.4 is 15.0 Å². The summed E-state index contributed by atoms with van der Waals surface area (Å²) in [6.07, 6.45) is 3.96. The minimum Gasteiger partial charge on any atom is -0.497 e. The van der Waals surface area contributed by atoms with E-state index >= 15 is 0 Å². The van der Waals surface area contributed by atoms with Gasteiger partial charge >= 0.3 is 0 Å². The number of anilines is 2. The van der Waals surface area contributed by atoms with Gasteiger partial charge in [-0.25, -0.2) is 0 Å². The van der Waals surface area contributed by atoms with Crippen LogP contribution in [0.5, 0.6) is 5.75 Å². The first kappa shape index (κ1) is 18.5. The van der Waals surface area contributed by atoms with Crippen LogP contribution >= 0.6 is 12.2 Å². The van der Waals surface area contributed by atoms with Gasteiger partial charge in [0.2, 0.25) is 0 Å². The Morgan fingerprint density at radius 2 is 1.69 bits per heavy atom. The molecule has 138 valence electrons. The second-order valence-electron chi connectivity index (χ2n) is 6.73. The van der Waals surface area contributed by atoms with Gasteiger partial charge in [0, 0.05) is 38.1 Å². The van der Waals surface area contributed by atoms with Crippen LogP contribution in [0.3, 0.4) is 0 Å². The molecule has 1 saturated heterocycles. The van der Waals surface area contributed by atoms with E-state index in [9.17, 15) is 0 Å². The molecule has 2 aromatic rings. The van der Waals surface area contributed by atoms with Crippen LogP contribution in [0.15, 0.2) is 48.5 Å². The predicted molar refractivity (Wildman–Crippen MR) is 113 cm³/mol.